The number of fused-ring (bicyclic) bond motifs is 1. The van der Waals surface area contributed by atoms with Crippen LogP contribution < -0.4 is 0 Å². The Labute approximate surface area is 223 Å². The molecule has 36 heavy (non-hydrogen) atoms. The van der Waals surface area contributed by atoms with Gasteiger partial charge in [0.25, 0.3) is 0 Å². The summed E-state index contributed by atoms with van der Waals surface area (Å²) in [5, 5.41) is 11.4. The number of carbonyl (C=O) groups excluding carboxylic acids is 1. The maximum Gasteiger partial charge on any atom is 0.340 e. The van der Waals surface area contributed by atoms with E-state index in [0.29, 0.717) is 32.5 Å². The molecule has 192 valence electrons. The number of nitrogens with zero attached hydrogens (tertiary/aromatic N) is 3. The predicted octanol–water partition coefficient (Wildman–Crippen LogP) is 5.38. The summed E-state index contributed by atoms with van der Waals surface area (Å²) in [6.07, 6.45) is 3.39. The molecule has 0 aliphatic heterocycles. The highest BCUT2D eigenvalue weighted by molar-refractivity contribution is 9.10. The largest absolute Gasteiger partial charge is 0.506 e. The third-order valence-corrected chi connectivity index (χ3v) is 7.71. The van der Waals surface area contributed by atoms with Crippen molar-refractivity contribution in [3.8, 4) is 5.75 Å². The highest BCUT2D eigenvalue weighted by atomic mass is 79.9. The topological polar surface area (TPSA) is 86.4 Å². The monoisotopic (exact) mass is 601 g/mol. The molecule has 0 radical (unpaired) electrons. The van der Waals surface area contributed by atoms with Crippen molar-refractivity contribution in [2.45, 2.75) is 31.0 Å². The van der Waals surface area contributed by atoms with E-state index in [4.69, 9.17) is 4.74 Å². The number of phenols is 1. The molecule has 0 saturated heterocycles. The van der Waals surface area contributed by atoms with Crippen LogP contribution in [0.25, 0.3) is 10.9 Å². The zero-order valence-electron chi connectivity index (χ0n) is 19.5. The third-order valence-electron chi connectivity index (χ3n) is 5.79. The SMILES string of the molecule is CCOC(=O)c1c(CS(=O)c2ccc(F)c(F)c2)n(C)c2cc(Br)c(O)c(Cn3ccnc3C)c12.Cl. The Hall–Kier alpha value is -2.76. The molecule has 2 heterocycles. The fourth-order valence-electron chi connectivity index (χ4n) is 3.99. The van der Waals surface area contributed by atoms with E-state index >= 15 is 0 Å². The summed E-state index contributed by atoms with van der Waals surface area (Å²) in [6, 6.07) is 4.71. The number of aromatic nitrogens is 3. The van der Waals surface area contributed by atoms with Gasteiger partial charge in [-0.1, -0.05) is 0 Å². The minimum atomic E-state index is -1.80. The van der Waals surface area contributed by atoms with E-state index < -0.39 is 28.4 Å². The van der Waals surface area contributed by atoms with Crippen molar-refractivity contribution in [2.75, 3.05) is 6.61 Å². The lowest BCUT2D eigenvalue weighted by Crippen LogP contribution is -2.12. The minimum absolute atomic E-state index is 0. The smallest absolute Gasteiger partial charge is 0.340 e. The van der Waals surface area contributed by atoms with Crippen LogP contribution in [0.5, 0.6) is 5.75 Å². The molecule has 7 nitrogen and oxygen atoms in total. The first-order valence-corrected chi connectivity index (χ1v) is 12.7. The lowest BCUT2D eigenvalue weighted by molar-refractivity contribution is 0.0527. The van der Waals surface area contributed by atoms with Crippen molar-refractivity contribution < 1.29 is 27.6 Å². The Balaban J connectivity index is 0.00000361. The van der Waals surface area contributed by atoms with Crippen LogP contribution in [-0.2, 0) is 34.9 Å². The summed E-state index contributed by atoms with van der Waals surface area (Å²) in [7, 11) is -0.0909. The standard InChI is InChI=1S/C24H22BrF2N3O4S.ClH/c1-4-34-24(32)22-20(12-35(33)14-5-6-17(26)18(27)9-14)29(3)19-10-16(25)23(31)15(21(19)22)11-30-8-7-28-13(30)2;/h5-10,31H,4,11-12H2,1-3H3;1H. The van der Waals surface area contributed by atoms with Crippen molar-refractivity contribution in [1.82, 2.24) is 14.1 Å². The van der Waals surface area contributed by atoms with Crippen molar-refractivity contribution in [1.29, 1.82) is 0 Å². The van der Waals surface area contributed by atoms with Crippen LogP contribution in [0.4, 0.5) is 8.78 Å². The summed E-state index contributed by atoms with van der Waals surface area (Å²) in [5.74, 6) is -2.28. The Bertz CT molecular complexity index is 1490. The molecule has 1 atom stereocenters. The van der Waals surface area contributed by atoms with E-state index in [2.05, 4.69) is 20.9 Å². The van der Waals surface area contributed by atoms with Gasteiger partial charge in [-0.05, 0) is 54.0 Å². The van der Waals surface area contributed by atoms with Crippen molar-refractivity contribution in [3.05, 3.63) is 75.4 Å². The molecule has 12 heteroatoms. The number of ether oxygens (including phenoxy) is 1. The number of esters is 1. The van der Waals surface area contributed by atoms with E-state index in [9.17, 15) is 22.9 Å². The number of benzene rings is 2. The van der Waals surface area contributed by atoms with E-state index in [1.54, 1.807) is 37.0 Å². The number of hydrogen-bond acceptors (Lipinski definition) is 5. The average Bonchev–Trinajstić information content (AvgIpc) is 3.34. The Morgan fingerprint density at radius 3 is 2.58 bits per heavy atom. The van der Waals surface area contributed by atoms with Gasteiger partial charge in [0.1, 0.15) is 11.6 Å². The summed E-state index contributed by atoms with van der Waals surface area (Å²) in [5.41, 5.74) is 1.60. The molecule has 2 aromatic heterocycles. The number of hydrogen-bond donors (Lipinski definition) is 1. The number of halogens is 4. The second kappa shape index (κ2) is 11.1. The molecule has 0 bridgehead atoms. The second-order valence-corrected chi connectivity index (χ2v) is 10.2. The summed E-state index contributed by atoms with van der Waals surface area (Å²) in [4.78, 5) is 17.5. The Kier molecular flexibility index (Phi) is 8.58. The maximum absolute atomic E-state index is 13.8. The van der Waals surface area contributed by atoms with Gasteiger partial charge in [0, 0.05) is 41.0 Å². The first-order valence-electron chi connectivity index (χ1n) is 10.6. The van der Waals surface area contributed by atoms with Gasteiger partial charge in [-0.15, -0.1) is 12.4 Å². The van der Waals surface area contributed by atoms with Gasteiger partial charge >= 0.3 is 5.97 Å². The van der Waals surface area contributed by atoms with Gasteiger partial charge in [0.2, 0.25) is 0 Å². The molecule has 1 unspecified atom stereocenters. The lowest BCUT2D eigenvalue weighted by atomic mass is 10.0. The van der Waals surface area contributed by atoms with Gasteiger partial charge in [0.15, 0.2) is 11.6 Å². The lowest BCUT2D eigenvalue weighted by Gasteiger charge is -2.12. The fourth-order valence-corrected chi connectivity index (χ4v) is 5.66. The van der Waals surface area contributed by atoms with Crippen LogP contribution in [0.1, 0.15) is 34.4 Å². The van der Waals surface area contributed by atoms with E-state index in [1.165, 1.54) is 6.07 Å². The van der Waals surface area contributed by atoms with E-state index in [-0.39, 0.29) is 47.5 Å². The van der Waals surface area contributed by atoms with Crippen molar-refractivity contribution >= 4 is 56.0 Å². The highest BCUT2D eigenvalue weighted by Gasteiger charge is 2.28. The van der Waals surface area contributed by atoms with Gasteiger partial charge in [-0.25, -0.2) is 18.6 Å². The van der Waals surface area contributed by atoms with Crippen LogP contribution in [0.15, 0.2) is 46.0 Å². The number of rotatable bonds is 7. The summed E-state index contributed by atoms with van der Waals surface area (Å²) >= 11 is 3.39. The molecule has 4 aromatic rings. The number of aromatic hydroxyl groups is 1. The Morgan fingerprint density at radius 1 is 1.25 bits per heavy atom. The van der Waals surface area contributed by atoms with Crippen molar-refractivity contribution in [2.24, 2.45) is 7.05 Å². The van der Waals surface area contributed by atoms with Crippen LogP contribution in [0, 0.1) is 18.6 Å². The molecule has 0 aliphatic carbocycles. The second-order valence-electron chi connectivity index (χ2n) is 7.85. The molecule has 0 fully saturated rings. The summed E-state index contributed by atoms with van der Waals surface area (Å²) in [6.45, 7) is 3.82. The predicted molar refractivity (Wildman–Crippen MR) is 138 cm³/mol. The quantitative estimate of drug-likeness (QED) is 0.287. The van der Waals surface area contributed by atoms with Crippen LogP contribution >= 0.6 is 28.3 Å². The highest BCUT2D eigenvalue weighted by Crippen LogP contribution is 2.40. The third kappa shape index (κ3) is 5.05. The van der Waals surface area contributed by atoms with Crippen molar-refractivity contribution in [3.63, 3.8) is 0 Å². The molecule has 2 aromatic carbocycles. The normalized spacial score (nSPS) is 11.9. The van der Waals surface area contributed by atoms with Gasteiger partial charge < -0.3 is 19.0 Å². The molecule has 0 saturated carbocycles. The zero-order valence-corrected chi connectivity index (χ0v) is 22.8. The molecule has 0 amide bonds. The number of carbonyl (C=O) groups is 1. The zero-order chi connectivity index (χ0) is 25.4. The van der Waals surface area contributed by atoms with Crippen LogP contribution in [0.3, 0.4) is 0 Å². The molecule has 1 N–H and O–H groups in total. The maximum atomic E-state index is 13.8. The van der Waals surface area contributed by atoms with E-state index in [0.717, 1.165) is 12.1 Å². The van der Waals surface area contributed by atoms with Crippen LogP contribution in [-0.4, -0.2) is 36.0 Å². The van der Waals surface area contributed by atoms with Gasteiger partial charge in [0.05, 0.1) is 45.3 Å². The Morgan fingerprint density at radius 2 is 1.97 bits per heavy atom. The number of imidazole rings is 1. The summed E-state index contributed by atoms with van der Waals surface area (Å²) < 4.78 is 49.5. The molecule has 0 spiro atoms. The molecular formula is C24H23BrClF2N3O4S. The molecular weight excluding hydrogens is 580 g/mol. The number of phenolic OH excluding ortho intramolecular Hbond substituents is 1. The first kappa shape index (κ1) is 27.8. The minimum Gasteiger partial charge on any atom is -0.506 e. The van der Waals surface area contributed by atoms with E-state index in [1.807, 2.05) is 11.5 Å². The first-order chi connectivity index (χ1) is 16.6. The molecule has 4 rings (SSSR count). The number of aryl methyl sites for hydroxylation is 2. The fraction of sp³-hybridized carbons (Fsp3) is 0.250. The van der Waals surface area contributed by atoms with Crippen LogP contribution in [0.2, 0.25) is 0 Å². The van der Waals surface area contributed by atoms with Gasteiger partial charge in [-0.2, -0.15) is 0 Å². The molecule has 0 aliphatic rings. The van der Waals surface area contributed by atoms with Gasteiger partial charge in [-0.3, -0.25) is 4.21 Å². The average molecular weight is 603 g/mol.